The average molecular weight is 441 g/mol. The maximum absolute atomic E-state index is 12.7. The molecule has 10 nitrogen and oxygen atoms in total. The zero-order chi connectivity index (χ0) is 21.7. The second kappa shape index (κ2) is 9.65. The summed E-state index contributed by atoms with van der Waals surface area (Å²) in [6, 6.07) is 3.30. The molecule has 4 unspecified atom stereocenters. The molecule has 1 fully saturated rings. The summed E-state index contributed by atoms with van der Waals surface area (Å²) in [6.45, 7) is 5.09. The summed E-state index contributed by atoms with van der Waals surface area (Å²) in [5.41, 5.74) is 0.728. The number of carbonyl (C=O) groups is 3. The minimum atomic E-state index is -1.58. The number of nitrogens with one attached hydrogen (secondary N) is 1. The number of amides is 2. The first-order valence-electron chi connectivity index (χ1n) is 8.25. The van der Waals surface area contributed by atoms with Gasteiger partial charge in [-0.1, -0.05) is 17.4 Å². The normalized spacial score (nSPS) is 20.2. The molecule has 1 aliphatic rings. The number of ether oxygens (including phenoxy) is 1. The van der Waals surface area contributed by atoms with Crippen LogP contribution in [0.5, 0.6) is 0 Å². The highest BCUT2D eigenvalue weighted by Gasteiger charge is 2.55. The van der Waals surface area contributed by atoms with Crippen molar-refractivity contribution >= 4 is 44.6 Å². The summed E-state index contributed by atoms with van der Waals surface area (Å²) in [6.07, 6.45) is 1.92. The van der Waals surface area contributed by atoms with E-state index < -0.39 is 44.1 Å². The molecule has 0 spiro atoms. The van der Waals surface area contributed by atoms with E-state index >= 15 is 0 Å². The van der Waals surface area contributed by atoms with Crippen molar-refractivity contribution in [3.63, 3.8) is 0 Å². The number of rotatable bonds is 10. The van der Waals surface area contributed by atoms with E-state index in [9.17, 15) is 28.7 Å². The number of non-ortho nitro benzene ring substituents is 1. The number of hydrogen-bond donors (Lipinski definition) is 1. The van der Waals surface area contributed by atoms with E-state index in [2.05, 4.69) is 11.9 Å². The van der Waals surface area contributed by atoms with Crippen LogP contribution in [0.4, 0.5) is 5.69 Å². The van der Waals surface area contributed by atoms with Gasteiger partial charge in [0.2, 0.25) is 12.3 Å². The summed E-state index contributed by atoms with van der Waals surface area (Å²) < 4.78 is 17.6. The van der Waals surface area contributed by atoms with Crippen LogP contribution >= 0.6 is 10.8 Å². The van der Waals surface area contributed by atoms with E-state index in [1.165, 1.54) is 31.2 Å². The van der Waals surface area contributed by atoms with E-state index in [1.807, 2.05) is 0 Å². The number of nitrogens with zero attached hydrogens (tertiary/aromatic N) is 2. The van der Waals surface area contributed by atoms with Crippen molar-refractivity contribution in [1.82, 2.24) is 10.2 Å². The van der Waals surface area contributed by atoms with Crippen LogP contribution in [0, 0.1) is 10.1 Å². The lowest BCUT2D eigenvalue weighted by molar-refractivity contribution is -0.384. The maximum Gasteiger partial charge on any atom is 0.333 e. The second-order valence-electron chi connectivity index (χ2n) is 6.11. The molecule has 1 N–H and O–H groups in total. The predicted molar refractivity (Wildman–Crippen MR) is 107 cm³/mol. The molecule has 29 heavy (non-hydrogen) atoms. The van der Waals surface area contributed by atoms with Crippen LogP contribution in [-0.2, 0) is 35.6 Å². The molecule has 4 atom stereocenters. The fourth-order valence-corrected chi connectivity index (χ4v) is 5.02. The highest BCUT2D eigenvalue weighted by Crippen LogP contribution is 2.32. The average Bonchev–Trinajstić information content (AvgIpc) is 2.70. The highest BCUT2D eigenvalue weighted by atomic mass is 33.1. The zero-order valence-corrected chi connectivity index (χ0v) is 17.2. The number of hydrogen-bond acceptors (Lipinski definition) is 8. The summed E-state index contributed by atoms with van der Waals surface area (Å²) >= 11 is 0. The van der Waals surface area contributed by atoms with Gasteiger partial charge in [-0.3, -0.25) is 19.7 Å². The van der Waals surface area contributed by atoms with Gasteiger partial charge in [0.1, 0.15) is 27.9 Å². The molecule has 1 aromatic rings. The smallest absolute Gasteiger partial charge is 0.333 e. The van der Waals surface area contributed by atoms with Gasteiger partial charge in [-0.05, 0) is 36.4 Å². The lowest BCUT2D eigenvalue weighted by Gasteiger charge is -2.48. The quantitative estimate of drug-likeness (QED) is 0.108. The molecule has 0 bridgehead atoms. The maximum atomic E-state index is 12.7. The Bertz CT molecular complexity index is 859. The van der Waals surface area contributed by atoms with E-state index in [1.54, 1.807) is 6.26 Å². The molecule has 0 aliphatic carbocycles. The monoisotopic (exact) mass is 441 g/mol. The van der Waals surface area contributed by atoms with Gasteiger partial charge in [0.05, 0.1) is 4.92 Å². The topological polar surface area (TPSA) is 136 Å². The highest BCUT2D eigenvalue weighted by molar-refractivity contribution is 8.69. The number of likely N-dealkylation sites (tertiary alicyclic amines) is 1. The molecule has 1 aromatic carbocycles. The van der Waals surface area contributed by atoms with Crippen molar-refractivity contribution in [2.45, 2.75) is 31.0 Å². The molecule has 156 valence electrons. The number of benzene rings is 1. The fourth-order valence-electron chi connectivity index (χ4n) is 2.79. The number of nitro benzene ring substituents is 1. The Hall–Kier alpha value is -2.73. The standard InChI is InChI=1S/C17H19N3O7S2/c1-10(2)14(19-15(22)13(18-9-21)16(19)29(26)28-3)17(23)27-8-11-4-6-12(7-5-11)20(24)25/h4-7,9,13-14,16H,1,8H2,2-3H3,(H,18,21). The third kappa shape index (κ3) is 4.82. The van der Waals surface area contributed by atoms with E-state index in [-0.39, 0.29) is 12.3 Å². The molecule has 1 saturated heterocycles. The molecule has 0 saturated carbocycles. The van der Waals surface area contributed by atoms with Crippen molar-refractivity contribution in [2.75, 3.05) is 6.26 Å². The molecule has 0 aromatic heterocycles. The Kier molecular flexibility index (Phi) is 7.51. The van der Waals surface area contributed by atoms with Crippen molar-refractivity contribution in [1.29, 1.82) is 0 Å². The molecular weight excluding hydrogens is 422 g/mol. The summed E-state index contributed by atoms with van der Waals surface area (Å²) in [5, 5.41) is 12.1. The molecule has 2 rings (SSSR count). The Morgan fingerprint density at radius 2 is 2.10 bits per heavy atom. The predicted octanol–water partition coefficient (Wildman–Crippen LogP) is 0.892. The van der Waals surface area contributed by atoms with Gasteiger partial charge in [0.15, 0.2) is 6.04 Å². The van der Waals surface area contributed by atoms with Gasteiger partial charge >= 0.3 is 5.97 Å². The minimum absolute atomic E-state index is 0.0952. The number of nitro groups is 1. The van der Waals surface area contributed by atoms with Crippen molar-refractivity contribution < 1.29 is 28.3 Å². The first-order valence-corrected chi connectivity index (χ1v) is 11.2. The molecule has 1 aliphatic heterocycles. The lowest BCUT2D eigenvalue weighted by Crippen LogP contribution is -2.74. The third-order valence-electron chi connectivity index (χ3n) is 4.19. The van der Waals surface area contributed by atoms with Crippen molar-refractivity contribution in [2.24, 2.45) is 0 Å². The van der Waals surface area contributed by atoms with Gasteiger partial charge in [-0.2, -0.15) is 0 Å². The van der Waals surface area contributed by atoms with Gasteiger partial charge in [0, 0.05) is 12.1 Å². The van der Waals surface area contributed by atoms with Crippen molar-refractivity contribution in [3.05, 3.63) is 52.1 Å². The second-order valence-corrected chi connectivity index (χ2v) is 9.43. The Morgan fingerprint density at radius 1 is 1.48 bits per heavy atom. The van der Waals surface area contributed by atoms with Gasteiger partial charge in [0.25, 0.3) is 5.69 Å². The summed E-state index contributed by atoms with van der Waals surface area (Å²) in [7, 11) is -0.596. The van der Waals surface area contributed by atoms with Crippen LogP contribution in [0.25, 0.3) is 0 Å². The summed E-state index contributed by atoms with van der Waals surface area (Å²) in [5.74, 6) is -1.35. The van der Waals surface area contributed by atoms with Gasteiger partial charge in [-0.25, -0.2) is 9.00 Å². The first-order chi connectivity index (χ1) is 13.7. The molecule has 0 radical (unpaired) electrons. The van der Waals surface area contributed by atoms with Crippen LogP contribution in [0.2, 0.25) is 0 Å². The third-order valence-corrected chi connectivity index (χ3v) is 6.98. The van der Waals surface area contributed by atoms with Crippen LogP contribution < -0.4 is 5.32 Å². The Morgan fingerprint density at radius 3 is 2.59 bits per heavy atom. The molecule has 1 heterocycles. The summed E-state index contributed by atoms with van der Waals surface area (Å²) in [4.78, 5) is 47.1. The van der Waals surface area contributed by atoms with Crippen LogP contribution in [0.3, 0.4) is 0 Å². The minimum Gasteiger partial charge on any atom is -0.459 e. The van der Waals surface area contributed by atoms with Crippen molar-refractivity contribution in [3.8, 4) is 0 Å². The molecule has 12 heteroatoms. The van der Waals surface area contributed by atoms with Crippen LogP contribution in [0.15, 0.2) is 36.4 Å². The van der Waals surface area contributed by atoms with E-state index in [0.29, 0.717) is 17.5 Å². The molecule has 2 amide bonds. The van der Waals surface area contributed by atoms with Gasteiger partial charge in [-0.15, -0.1) is 0 Å². The largest absolute Gasteiger partial charge is 0.459 e. The Labute approximate surface area is 172 Å². The van der Waals surface area contributed by atoms with E-state index in [0.717, 1.165) is 15.7 Å². The number of β-lactam (4-membered cyclic amide) rings is 1. The lowest BCUT2D eigenvalue weighted by atomic mass is 9.99. The fraction of sp³-hybridized carbons (Fsp3) is 0.353. The number of carbonyl (C=O) groups excluding carboxylic acids is 3. The van der Waals surface area contributed by atoms with Crippen LogP contribution in [-0.4, -0.2) is 56.0 Å². The first kappa shape index (κ1) is 22.6. The van der Waals surface area contributed by atoms with E-state index in [4.69, 9.17) is 4.74 Å². The van der Waals surface area contributed by atoms with Gasteiger partial charge < -0.3 is 15.0 Å². The Balaban J connectivity index is 2.15. The number of esters is 1. The zero-order valence-electron chi connectivity index (χ0n) is 15.6. The SMILES string of the molecule is C=C(C)C(C(=O)OCc1ccc([N+](=O)[O-])cc1)N1C(=O)C(NC=O)C1S(=O)SC. The molecular formula is C17H19N3O7S2. The van der Waals surface area contributed by atoms with Crippen LogP contribution in [0.1, 0.15) is 12.5 Å².